The molecule has 0 bridgehead atoms. The Hall–Kier alpha value is -1.61. The molecule has 20 heavy (non-hydrogen) atoms. The van der Waals surface area contributed by atoms with Crippen molar-refractivity contribution in [2.45, 2.75) is 32.6 Å². The molecule has 0 aliphatic heterocycles. The average Bonchev–Trinajstić information content (AvgIpc) is 3.30. The molecule has 0 saturated heterocycles. The lowest BCUT2D eigenvalue weighted by Crippen LogP contribution is -2.19. The van der Waals surface area contributed by atoms with E-state index in [0.29, 0.717) is 11.1 Å². The summed E-state index contributed by atoms with van der Waals surface area (Å²) in [7, 11) is 0. The molecule has 0 spiro atoms. The Morgan fingerprint density at radius 1 is 1.20 bits per heavy atom. The molecule has 1 fully saturated rings. The van der Waals surface area contributed by atoms with Gasteiger partial charge in [0.05, 0.1) is 0 Å². The molecule has 2 aromatic rings. The normalized spacial score (nSPS) is 14.3. The summed E-state index contributed by atoms with van der Waals surface area (Å²) in [4.78, 5) is 11.4. The maximum absolute atomic E-state index is 6.30. The van der Waals surface area contributed by atoms with E-state index in [1.807, 2.05) is 25.1 Å². The highest BCUT2D eigenvalue weighted by Crippen LogP contribution is 2.40. The molecule has 3 rings (SSSR count). The van der Waals surface area contributed by atoms with Crippen LogP contribution in [0.2, 0.25) is 5.15 Å². The number of aromatic nitrogens is 2. The van der Waals surface area contributed by atoms with Gasteiger partial charge >= 0.3 is 0 Å². The second kappa shape index (κ2) is 5.41. The fraction of sp³-hybridized carbons (Fsp3) is 0.375. The predicted molar refractivity (Wildman–Crippen MR) is 82.9 cm³/mol. The number of hydrogen-bond acceptors (Lipinski definition) is 3. The first-order valence-corrected chi connectivity index (χ1v) is 7.45. The minimum atomic E-state index is 0.501. The second-order valence-electron chi connectivity index (χ2n) is 5.18. The molecule has 0 radical (unpaired) electrons. The zero-order valence-corrected chi connectivity index (χ0v) is 12.6. The lowest BCUT2D eigenvalue weighted by molar-refractivity contribution is 0.883. The van der Waals surface area contributed by atoms with E-state index in [1.165, 1.54) is 12.8 Å². The third-order valence-corrected chi connectivity index (χ3v) is 4.03. The Labute approximate surface area is 124 Å². The molecule has 0 N–H and O–H groups in total. The van der Waals surface area contributed by atoms with Gasteiger partial charge in [-0.05, 0) is 38.8 Å². The van der Waals surface area contributed by atoms with Crippen LogP contribution in [0.5, 0.6) is 0 Å². The number of hydrogen-bond donors (Lipinski definition) is 0. The number of rotatable bonds is 4. The highest BCUT2D eigenvalue weighted by Gasteiger charge is 2.28. The first-order valence-electron chi connectivity index (χ1n) is 7.07. The largest absolute Gasteiger partial charge is 0.326 e. The van der Waals surface area contributed by atoms with Gasteiger partial charge in [0.2, 0.25) is 0 Å². The average molecular weight is 288 g/mol. The number of nitrogens with zero attached hydrogens (tertiary/aromatic N) is 3. The van der Waals surface area contributed by atoms with E-state index in [0.717, 1.165) is 29.4 Å². The van der Waals surface area contributed by atoms with Crippen LogP contribution in [0.4, 0.5) is 11.5 Å². The first kappa shape index (κ1) is 13.4. The Kier molecular flexibility index (Phi) is 3.62. The molecule has 1 aliphatic rings. The van der Waals surface area contributed by atoms with Gasteiger partial charge in [0, 0.05) is 23.7 Å². The standard InChI is InChI=1S/C16H18ClN3/c1-3-20(13-7-5-4-6-8-13)16-11(2)14(17)18-15(19-16)12-9-10-12/h4-8,12H,3,9-10H2,1-2H3. The van der Waals surface area contributed by atoms with Crippen LogP contribution < -0.4 is 4.90 Å². The summed E-state index contributed by atoms with van der Waals surface area (Å²) in [6, 6.07) is 10.3. The number of para-hydroxylation sites is 1. The van der Waals surface area contributed by atoms with Gasteiger partial charge < -0.3 is 4.90 Å². The Morgan fingerprint density at radius 2 is 1.90 bits per heavy atom. The van der Waals surface area contributed by atoms with Crippen LogP contribution in [0.25, 0.3) is 0 Å². The molecule has 0 amide bonds. The molecular weight excluding hydrogens is 270 g/mol. The van der Waals surface area contributed by atoms with E-state index in [1.54, 1.807) is 0 Å². The maximum atomic E-state index is 6.30. The number of halogens is 1. The van der Waals surface area contributed by atoms with Crippen LogP contribution in [0, 0.1) is 6.92 Å². The van der Waals surface area contributed by atoms with Crippen LogP contribution in [-0.4, -0.2) is 16.5 Å². The zero-order valence-electron chi connectivity index (χ0n) is 11.8. The lowest BCUT2D eigenvalue weighted by Gasteiger charge is -2.24. The number of benzene rings is 1. The van der Waals surface area contributed by atoms with Gasteiger partial charge in [-0.2, -0.15) is 0 Å². The van der Waals surface area contributed by atoms with E-state index in [4.69, 9.17) is 16.6 Å². The molecule has 1 aliphatic carbocycles. The van der Waals surface area contributed by atoms with Gasteiger partial charge in [-0.15, -0.1) is 0 Å². The molecule has 3 nitrogen and oxygen atoms in total. The predicted octanol–water partition coefficient (Wildman–Crippen LogP) is 4.47. The fourth-order valence-electron chi connectivity index (χ4n) is 2.34. The minimum Gasteiger partial charge on any atom is -0.326 e. The Bertz CT molecular complexity index is 609. The van der Waals surface area contributed by atoms with Crippen molar-refractivity contribution in [1.29, 1.82) is 0 Å². The third kappa shape index (κ3) is 2.50. The van der Waals surface area contributed by atoms with Crippen LogP contribution in [-0.2, 0) is 0 Å². The molecule has 1 aromatic heterocycles. The van der Waals surface area contributed by atoms with Crippen LogP contribution in [0.3, 0.4) is 0 Å². The molecule has 1 aromatic carbocycles. The van der Waals surface area contributed by atoms with Gasteiger partial charge in [-0.3, -0.25) is 0 Å². The second-order valence-corrected chi connectivity index (χ2v) is 5.53. The smallest absolute Gasteiger partial charge is 0.141 e. The van der Waals surface area contributed by atoms with Crippen LogP contribution in [0.15, 0.2) is 30.3 Å². The SMILES string of the molecule is CCN(c1ccccc1)c1nc(C2CC2)nc(Cl)c1C. The van der Waals surface area contributed by atoms with Crippen molar-refractivity contribution in [2.24, 2.45) is 0 Å². The van der Waals surface area contributed by atoms with E-state index >= 15 is 0 Å². The number of anilines is 2. The topological polar surface area (TPSA) is 29.0 Å². The summed E-state index contributed by atoms with van der Waals surface area (Å²) < 4.78 is 0. The van der Waals surface area contributed by atoms with E-state index in [9.17, 15) is 0 Å². The van der Waals surface area contributed by atoms with Crippen molar-refractivity contribution >= 4 is 23.1 Å². The molecule has 0 atom stereocenters. The summed E-state index contributed by atoms with van der Waals surface area (Å²) >= 11 is 6.30. The zero-order chi connectivity index (χ0) is 14.1. The van der Waals surface area contributed by atoms with Crippen molar-refractivity contribution < 1.29 is 0 Å². The van der Waals surface area contributed by atoms with Gasteiger partial charge in [0.15, 0.2) is 0 Å². The van der Waals surface area contributed by atoms with Crippen molar-refractivity contribution in [3.63, 3.8) is 0 Å². The summed E-state index contributed by atoms with van der Waals surface area (Å²) in [5, 5.41) is 0.575. The van der Waals surface area contributed by atoms with Crippen LogP contribution in [0.1, 0.15) is 37.1 Å². The monoisotopic (exact) mass is 287 g/mol. The minimum absolute atomic E-state index is 0.501. The summed E-state index contributed by atoms with van der Waals surface area (Å²) in [6.45, 7) is 4.96. The molecule has 1 saturated carbocycles. The Morgan fingerprint density at radius 3 is 2.50 bits per heavy atom. The summed E-state index contributed by atoms with van der Waals surface area (Å²) in [6.07, 6.45) is 2.35. The molecular formula is C16H18ClN3. The van der Waals surface area contributed by atoms with Crippen molar-refractivity contribution in [2.75, 3.05) is 11.4 Å². The van der Waals surface area contributed by atoms with Crippen molar-refractivity contribution in [3.05, 3.63) is 46.9 Å². The molecule has 104 valence electrons. The van der Waals surface area contributed by atoms with Gasteiger partial charge in [-0.1, -0.05) is 29.8 Å². The highest BCUT2D eigenvalue weighted by atomic mass is 35.5. The summed E-state index contributed by atoms with van der Waals surface area (Å²) in [5.74, 6) is 2.33. The quantitative estimate of drug-likeness (QED) is 0.777. The highest BCUT2D eigenvalue weighted by molar-refractivity contribution is 6.30. The first-order chi connectivity index (χ1) is 9.70. The Balaban J connectivity index is 2.07. The molecule has 0 unspecified atom stereocenters. The maximum Gasteiger partial charge on any atom is 0.141 e. The van der Waals surface area contributed by atoms with Gasteiger partial charge in [0.1, 0.15) is 16.8 Å². The fourth-order valence-corrected chi connectivity index (χ4v) is 2.51. The molecule has 1 heterocycles. The van der Waals surface area contributed by atoms with Crippen molar-refractivity contribution in [3.8, 4) is 0 Å². The van der Waals surface area contributed by atoms with Gasteiger partial charge in [0.25, 0.3) is 0 Å². The molecule has 4 heteroatoms. The third-order valence-electron chi connectivity index (χ3n) is 3.66. The van der Waals surface area contributed by atoms with E-state index < -0.39 is 0 Å². The van der Waals surface area contributed by atoms with Crippen LogP contribution >= 0.6 is 11.6 Å². The lowest BCUT2D eigenvalue weighted by atomic mass is 10.2. The van der Waals surface area contributed by atoms with E-state index in [-0.39, 0.29) is 0 Å². The van der Waals surface area contributed by atoms with Crippen molar-refractivity contribution in [1.82, 2.24) is 9.97 Å². The summed E-state index contributed by atoms with van der Waals surface area (Å²) in [5.41, 5.74) is 2.08. The van der Waals surface area contributed by atoms with E-state index in [2.05, 4.69) is 28.9 Å². The van der Waals surface area contributed by atoms with Gasteiger partial charge in [-0.25, -0.2) is 9.97 Å².